The molecule has 5 nitrogen and oxygen atoms in total. The number of amides is 1. The second-order valence-corrected chi connectivity index (χ2v) is 10.3. The van der Waals surface area contributed by atoms with Gasteiger partial charge in [0, 0.05) is 23.7 Å². The lowest BCUT2D eigenvalue weighted by Gasteiger charge is -2.13. The van der Waals surface area contributed by atoms with E-state index in [4.69, 9.17) is 21.7 Å². The summed E-state index contributed by atoms with van der Waals surface area (Å²) in [6.45, 7) is 2.87. The van der Waals surface area contributed by atoms with Gasteiger partial charge in [0.05, 0.1) is 10.6 Å². The van der Waals surface area contributed by atoms with Crippen molar-refractivity contribution in [2.75, 3.05) is 6.54 Å². The van der Waals surface area contributed by atoms with E-state index in [9.17, 15) is 4.79 Å². The minimum absolute atomic E-state index is 0.0292. The second-order valence-electron chi connectivity index (χ2n) is 8.61. The zero-order chi connectivity index (χ0) is 24.2. The third-order valence-electron chi connectivity index (χ3n) is 6.07. The van der Waals surface area contributed by atoms with Gasteiger partial charge in [-0.1, -0.05) is 93.0 Å². The number of rotatable bonds is 9. The number of thiocarbonyl (C=S) groups is 1. The van der Waals surface area contributed by atoms with E-state index in [1.165, 1.54) is 31.0 Å². The Labute approximate surface area is 214 Å². The van der Waals surface area contributed by atoms with E-state index < -0.39 is 0 Å². The van der Waals surface area contributed by atoms with Crippen LogP contribution in [0.2, 0.25) is 0 Å². The van der Waals surface area contributed by atoms with E-state index in [2.05, 4.69) is 6.92 Å². The van der Waals surface area contributed by atoms with Crippen LogP contribution in [0.15, 0.2) is 76.2 Å². The lowest BCUT2D eigenvalue weighted by molar-refractivity contribution is -0.122. The summed E-state index contributed by atoms with van der Waals surface area (Å²) in [4.78, 5) is 15.6. The van der Waals surface area contributed by atoms with Crippen molar-refractivity contribution in [1.29, 1.82) is 0 Å². The number of thioether (sulfide) groups is 1. The molecule has 0 radical (unpaired) electrons. The number of hydrogen-bond donors (Lipinski definition) is 0. The average molecular weight is 502 g/mol. The van der Waals surface area contributed by atoms with Crippen molar-refractivity contribution < 1.29 is 9.21 Å². The number of carbonyl (C=O) groups is 1. The molecule has 178 valence electrons. The molecule has 1 saturated heterocycles. The van der Waals surface area contributed by atoms with Gasteiger partial charge in [-0.3, -0.25) is 9.69 Å². The Bertz CT molecular complexity index is 1350. The largest absolute Gasteiger partial charge is 0.454 e. The number of fused-ring (bicyclic) bond motifs is 1. The van der Waals surface area contributed by atoms with Crippen LogP contribution >= 0.6 is 24.0 Å². The van der Waals surface area contributed by atoms with E-state index in [1.807, 2.05) is 77.6 Å². The van der Waals surface area contributed by atoms with Gasteiger partial charge in [0.25, 0.3) is 5.91 Å². The SMILES string of the molecule is CCCCCCCN1C(=O)C(=Cc2cn(-c3ccccc3)nc2-c2cc3ccccc3o2)SC1=S. The number of aromatic nitrogens is 2. The Morgan fingerprint density at radius 2 is 1.80 bits per heavy atom. The highest BCUT2D eigenvalue weighted by Crippen LogP contribution is 2.36. The van der Waals surface area contributed by atoms with Crippen LogP contribution in [0.3, 0.4) is 0 Å². The first-order valence-electron chi connectivity index (χ1n) is 12.0. The molecular formula is C28H27N3O2S2. The van der Waals surface area contributed by atoms with Gasteiger partial charge in [0.15, 0.2) is 5.76 Å². The molecule has 2 aromatic carbocycles. The molecule has 1 aliphatic heterocycles. The molecule has 3 heterocycles. The number of benzene rings is 2. The van der Waals surface area contributed by atoms with Crippen molar-refractivity contribution in [2.24, 2.45) is 0 Å². The molecule has 1 aliphatic rings. The van der Waals surface area contributed by atoms with E-state index in [0.29, 0.717) is 27.2 Å². The predicted octanol–water partition coefficient (Wildman–Crippen LogP) is 7.46. The highest BCUT2D eigenvalue weighted by molar-refractivity contribution is 8.26. The lowest BCUT2D eigenvalue weighted by atomic mass is 10.1. The standard InChI is InChI=1S/C28H27N3O2S2/c1-2-3-4-5-11-16-30-27(32)25(35-28(30)34)18-21-19-31(22-13-7-6-8-14-22)29-26(21)24-17-20-12-9-10-15-23(20)33-24/h6-10,12-15,17-19H,2-5,11,16H2,1H3. The quantitative estimate of drug-likeness (QED) is 0.135. The van der Waals surface area contributed by atoms with Gasteiger partial charge >= 0.3 is 0 Å². The summed E-state index contributed by atoms with van der Waals surface area (Å²) in [6, 6.07) is 19.8. The minimum Gasteiger partial charge on any atom is -0.454 e. The van der Waals surface area contributed by atoms with E-state index in [1.54, 1.807) is 4.90 Å². The Morgan fingerprint density at radius 1 is 1.03 bits per heavy atom. The Hall–Kier alpha value is -3.16. The zero-order valence-corrected chi connectivity index (χ0v) is 21.3. The smallest absolute Gasteiger partial charge is 0.266 e. The summed E-state index contributed by atoms with van der Waals surface area (Å²) in [5.41, 5.74) is 3.24. The summed E-state index contributed by atoms with van der Waals surface area (Å²) < 4.78 is 8.57. The number of unbranched alkanes of at least 4 members (excludes halogenated alkanes) is 4. The van der Waals surface area contributed by atoms with Gasteiger partial charge in [-0.15, -0.1) is 0 Å². The topological polar surface area (TPSA) is 51.3 Å². The van der Waals surface area contributed by atoms with E-state index >= 15 is 0 Å². The summed E-state index contributed by atoms with van der Waals surface area (Å²) in [5, 5.41) is 5.85. The molecule has 0 spiro atoms. The van der Waals surface area contributed by atoms with Crippen LogP contribution in [0.5, 0.6) is 0 Å². The Morgan fingerprint density at radius 3 is 2.60 bits per heavy atom. The van der Waals surface area contributed by atoms with Gasteiger partial charge < -0.3 is 4.42 Å². The molecule has 0 bridgehead atoms. The molecular weight excluding hydrogens is 474 g/mol. The molecule has 0 saturated carbocycles. The van der Waals surface area contributed by atoms with Gasteiger partial charge in [-0.05, 0) is 36.8 Å². The Balaban J connectivity index is 1.47. The molecule has 1 fully saturated rings. The van der Waals surface area contributed by atoms with Crippen molar-refractivity contribution >= 4 is 51.3 Å². The molecule has 5 rings (SSSR count). The lowest BCUT2D eigenvalue weighted by Crippen LogP contribution is -2.29. The third-order valence-corrected chi connectivity index (χ3v) is 7.45. The van der Waals surface area contributed by atoms with Crippen molar-refractivity contribution in [3.8, 4) is 17.1 Å². The fourth-order valence-corrected chi connectivity index (χ4v) is 5.50. The fourth-order valence-electron chi connectivity index (χ4n) is 4.20. The van der Waals surface area contributed by atoms with Crippen LogP contribution in [0.25, 0.3) is 34.2 Å². The average Bonchev–Trinajstić information content (AvgIpc) is 3.56. The van der Waals surface area contributed by atoms with Crippen molar-refractivity contribution in [1.82, 2.24) is 14.7 Å². The zero-order valence-electron chi connectivity index (χ0n) is 19.6. The monoisotopic (exact) mass is 501 g/mol. The molecule has 0 N–H and O–H groups in total. The van der Waals surface area contributed by atoms with Gasteiger partial charge in [-0.25, -0.2) is 4.68 Å². The number of para-hydroxylation sites is 2. The maximum absolute atomic E-state index is 13.2. The van der Waals surface area contributed by atoms with Crippen molar-refractivity contribution in [3.63, 3.8) is 0 Å². The fraction of sp³-hybridized carbons (Fsp3) is 0.250. The molecule has 0 aliphatic carbocycles. The number of carbonyl (C=O) groups excluding carboxylic acids is 1. The first kappa shape index (κ1) is 23.6. The van der Waals surface area contributed by atoms with Crippen LogP contribution in [-0.4, -0.2) is 31.5 Å². The van der Waals surface area contributed by atoms with E-state index in [-0.39, 0.29) is 5.91 Å². The first-order chi connectivity index (χ1) is 17.1. The number of hydrogen-bond acceptors (Lipinski definition) is 5. The molecule has 2 aromatic heterocycles. The minimum atomic E-state index is -0.0292. The Kier molecular flexibility index (Phi) is 7.16. The van der Waals surface area contributed by atoms with E-state index in [0.717, 1.165) is 35.1 Å². The highest BCUT2D eigenvalue weighted by Gasteiger charge is 2.32. The van der Waals surface area contributed by atoms with Crippen LogP contribution < -0.4 is 0 Å². The van der Waals surface area contributed by atoms with Crippen LogP contribution in [-0.2, 0) is 4.79 Å². The summed E-state index contributed by atoms with van der Waals surface area (Å²) in [7, 11) is 0. The number of furan rings is 1. The normalized spacial score (nSPS) is 15.1. The molecule has 35 heavy (non-hydrogen) atoms. The first-order valence-corrected chi connectivity index (χ1v) is 13.3. The maximum atomic E-state index is 13.2. The predicted molar refractivity (Wildman–Crippen MR) is 147 cm³/mol. The van der Waals surface area contributed by atoms with Crippen molar-refractivity contribution in [2.45, 2.75) is 39.0 Å². The summed E-state index contributed by atoms with van der Waals surface area (Å²) in [5.74, 6) is 0.636. The summed E-state index contributed by atoms with van der Waals surface area (Å²) >= 11 is 6.91. The molecule has 0 unspecified atom stereocenters. The van der Waals surface area contributed by atoms with Crippen LogP contribution in [0, 0.1) is 0 Å². The van der Waals surface area contributed by atoms with Crippen LogP contribution in [0.1, 0.15) is 44.6 Å². The molecule has 1 amide bonds. The molecule has 7 heteroatoms. The van der Waals surface area contributed by atoms with Gasteiger partial charge in [0.1, 0.15) is 15.6 Å². The van der Waals surface area contributed by atoms with Gasteiger partial charge in [-0.2, -0.15) is 5.10 Å². The highest BCUT2D eigenvalue weighted by atomic mass is 32.2. The van der Waals surface area contributed by atoms with Gasteiger partial charge in [0.2, 0.25) is 0 Å². The molecule has 0 atom stereocenters. The van der Waals surface area contributed by atoms with Crippen LogP contribution in [0.4, 0.5) is 0 Å². The number of nitrogens with zero attached hydrogens (tertiary/aromatic N) is 3. The second kappa shape index (κ2) is 10.6. The van der Waals surface area contributed by atoms with Crippen molar-refractivity contribution in [3.05, 3.63) is 77.3 Å². The maximum Gasteiger partial charge on any atom is 0.266 e. The molecule has 4 aromatic rings. The third kappa shape index (κ3) is 5.11. The summed E-state index contributed by atoms with van der Waals surface area (Å²) in [6.07, 6.45) is 9.54.